The second-order valence-electron chi connectivity index (χ2n) is 6.25. The fraction of sp³-hybridized carbons (Fsp3) is 0.647. The minimum Gasteiger partial charge on any atom is -0.381 e. The minimum absolute atomic E-state index is 0.579. The van der Waals surface area contributed by atoms with Crippen LogP contribution in [0.4, 0.5) is 5.69 Å². The third-order valence-electron chi connectivity index (χ3n) is 4.87. The van der Waals surface area contributed by atoms with Gasteiger partial charge in [0, 0.05) is 45.1 Å². The van der Waals surface area contributed by atoms with Crippen molar-refractivity contribution in [1.29, 1.82) is 0 Å². The lowest BCUT2D eigenvalue weighted by Gasteiger charge is -2.28. The van der Waals surface area contributed by atoms with E-state index in [2.05, 4.69) is 42.4 Å². The molecule has 1 unspecified atom stereocenters. The number of fused-ring (bicyclic) bond motifs is 1. The summed E-state index contributed by atoms with van der Waals surface area (Å²) in [6.45, 7) is 6.32. The Labute approximate surface area is 122 Å². The smallest absolute Gasteiger partial charge is 0.0469 e. The Morgan fingerprint density at radius 2 is 2.15 bits per heavy atom. The van der Waals surface area contributed by atoms with Crippen LogP contribution in [0.2, 0.25) is 0 Å². The number of benzene rings is 1. The highest BCUT2D eigenvalue weighted by Gasteiger charge is 2.20. The van der Waals surface area contributed by atoms with Crippen molar-refractivity contribution in [2.45, 2.75) is 38.8 Å². The molecule has 3 heteroatoms. The van der Waals surface area contributed by atoms with Crippen molar-refractivity contribution >= 4 is 5.69 Å². The molecule has 0 spiro atoms. The number of anilines is 1. The minimum atomic E-state index is 0.579. The summed E-state index contributed by atoms with van der Waals surface area (Å²) in [6.07, 6.45) is 3.58. The van der Waals surface area contributed by atoms with E-state index in [1.165, 1.54) is 36.1 Å². The standard InChI is InChI=1S/C17H26N2O/c1-13(15-6-9-20-10-7-15)18-12-14-3-4-17-16(11-14)5-8-19(17)2/h3-4,11,13,15,18H,5-10,12H2,1-2H3. The first-order valence-corrected chi connectivity index (χ1v) is 7.88. The predicted octanol–water partition coefficient (Wildman–Crippen LogP) is 2.58. The van der Waals surface area contributed by atoms with Crippen LogP contribution in [0.3, 0.4) is 0 Å². The molecule has 0 radical (unpaired) electrons. The molecule has 0 aliphatic carbocycles. The summed E-state index contributed by atoms with van der Waals surface area (Å²) in [6, 6.07) is 7.50. The molecule has 3 nitrogen and oxygen atoms in total. The zero-order valence-electron chi connectivity index (χ0n) is 12.7. The van der Waals surface area contributed by atoms with E-state index in [0.29, 0.717) is 6.04 Å². The van der Waals surface area contributed by atoms with Crippen LogP contribution in [-0.4, -0.2) is 32.8 Å². The fourth-order valence-electron chi connectivity index (χ4n) is 3.39. The summed E-state index contributed by atoms with van der Waals surface area (Å²) in [5.74, 6) is 0.768. The van der Waals surface area contributed by atoms with Gasteiger partial charge in [0.05, 0.1) is 0 Å². The summed E-state index contributed by atoms with van der Waals surface area (Å²) in [4.78, 5) is 2.34. The maximum atomic E-state index is 5.44. The third kappa shape index (κ3) is 2.99. The summed E-state index contributed by atoms with van der Waals surface area (Å²) in [5, 5.41) is 3.70. The zero-order chi connectivity index (χ0) is 13.9. The molecule has 0 bridgehead atoms. The van der Waals surface area contributed by atoms with Gasteiger partial charge < -0.3 is 15.0 Å². The van der Waals surface area contributed by atoms with Crippen molar-refractivity contribution in [3.05, 3.63) is 29.3 Å². The van der Waals surface area contributed by atoms with E-state index in [4.69, 9.17) is 4.74 Å². The molecule has 0 aromatic heterocycles. The van der Waals surface area contributed by atoms with Crippen LogP contribution >= 0.6 is 0 Å². The lowest BCUT2D eigenvalue weighted by atomic mass is 9.93. The van der Waals surface area contributed by atoms with Crippen LogP contribution in [-0.2, 0) is 17.7 Å². The number of likely N-dealkylation sites (N-methyl/N-ethyl adjacent to an activating group) is 1. The zero-order valence-corrected chi connectivity index (χ0v) is 12.7. The quantitative estimate of drug-likeness (QED) is 0.913. The van der Waals surface area contributed by atoms with Gasteiger partial charge >= 0.3 is 0 Å². The Kier molecular flexibility index (Phi) is 4.27. The van der Waals surface area contributed by atoms with Gasteiger partial charge in [0.25, 0.3) is 0 Å². The molecule has 2 aliphatic rings. The number of hydrogen-bond donors (Lipinski definition) is 1. The number of rotatable bonds is 4. The average Bonchev–Trinajstić information content (AvgIpc) is 2.87. The molecular formula is C17H26N2O. The second-order valence-corrected chi connectivity index (χ2v) is 6.25. The van der Waals surface area contributed by atoms with Crippen LogP contribution in [0.1, 0.15) is 30.9 Å². The van der Waals surface area contributed by atoms with Gasteiger partial charge in [-0.05, 0) is 49.3 Å². The average molecular weight is 274 g/mol. The van der Waals surface area contributed by atoms with E-state index < -0.39 is 0 Å². The lowest BCUT2D eigenvalue weighted by Crippen LogP contribution is -2.36. The van der Waals surface area contributed by atoms with E-state index in [1.807, 2.05) is 0 Å². The predicted molar refractivity (Wildman–Crippen MR) is 83.3 cm³/mol. The largest absolute Gasteiger partial charge is 0.381 e. The first-order valence-electron chi connectivity index (χ1n) is 7.88. The molecule has 1 fully saturated rings. The van der Waals surface area contributed by atoms with Gasteiger partial charge in [0.1, 0.15) is 0 Å². The Balaban J connectivity index is 1.55. The molecule has 0 saturated carbocycles. The molecule has 1 aromatic carbocycles. The summed E-state index contributed by atoms with van der Waals surface area (Å²) >= 11 is 0. The van der Waals surface area contributed by atoms with Crippen LogP contribution in [0.5, 0.6) is 0 Å². The highest BCUT2D eigenvalue weighted by Crippen LogP contribution is 2.27. The molecule has 0 amide bonds. The van der Waals surface area contributed by atoms with E-state index in [0.717, 1.165) is 32.2 Å². The number of ether oxygens (including phenoxy) is 1. The van der Waals surface area contributed by atoms with Gasteiger partial charge in [0.15, 0.2) is 0 Å². The number of nitrogens with one attached hydrogen (secondary N) is 1. The fourth-order valence-corrected chi connectivity index (χ4v) is 3.39. The van der Waals surface area contributed by atoms with Gasteiger partial charge in [0.2, 0.25) is 0 Å². The first kappa shape index (κ1) is 13.9. The highest BCUT2D eigenvalue weighted by molar-refractivity contribution is 5.58. The summed E-state index contributed by atoms with van der Waals surface area (Å²) < 4.78 is 5.44. The highest BCUT2D eigenvalue weighted by atomic mass is 16.5. The Hall–Kier alpha value is -1.06. The summed E-state index contributed by atoms with van der Waals surface area (Å²) in [7, 11) is 2.18. The van der Waals surface area contributed by atoms with Crippen molar-refractivity contribution in [1.82, 2.24) is 5.32 Å². The van der Waals surface area contributed by atoms with E-state index in [9.17, 15) is 0 Å². The van der Waals surface area contributed by atoms with Crippen molar-refractivity contribution in [2.75, 3.05) is 31.7 Å². The molecule has 1 atom stereocenters. The number of hydrogen-bond acceptors (Lipinski definition) is 3. The van der Waals surface area contributed by atoms with Crippen molar-refractivity contribution < 1.29 is 4.74 Å². The molecule has 110 valence electrons. The van der Waals surface area contributed by atoms with Crippen molar-refractivity contribution in [3.8, 4) is 0 Å². The van der Waals surface area contributed by atoms with Crippen LogP contribution < -0.4 is 10.2 Å². The Morgan fingerprint density at radius 1 is 1.35 bits per heavy atom. The van der Waals surface area contributed by atoms with Gasteiger partial charge in [-0.2, -0.15) is 0 Å². The van der Waals surface area contributed by atoms with Crippen LogP contribution in [0.15, 0.2) is 18.2 Å². The van der Waals surface area contributed by atoms with E-state index in [1.54, 1.807) is 0 Å². The van der Waals surface area contributed by atoms with Gasteiger partial charge in [-0.15, -0.1) is 0 Å². The van der Waals surface area contributed by atoms with Gasteiger partial charge in [-0.3, -0.25) is 0 Å². The monoisotopic (exact) mass is 274 g/mol. The maximum absolute atomic E-state index is 5.44. The molecule has 3 rings (SSSR count). The molecule has 1 saturated heterocycles. The Morgan fingerprint density at radius 3 is 2.95 bits per heavy atom. The molecular weight excluding hydrogens is 248 g/mol. The topological polar surface area (TPSA) is 24.5 Å². The molecule has 2 heterocycles. The van der Waals surface area contributed by atoms with E-state index in [-0.39, 0.29) is 0 Å². The van der Waals surface area contributed by atoms with Crippen LogP contribution in [0, 0.1) is 5.92 Å². The van der Waals surface area contributed by atoms with E-state index >= 15 is 0 Å². The van der Waals surface area contributed by atoms with Gasteiger partial charge in [-0.1, -0.05) is 12.1 Å². The third-order valence-corrected chi connectivity index (χ3v) is 4.87. The van der Waals surface area contributed by atoms with Crippen LogP contribution in [0.25, 0.3) is 0 Å². The Bertz CT molecular complexity index is 454. The van der Waals surface area contributed by atoms with Crippen molar-refractivity contribution in [3.63, 3.8) is 0 Å². The maximum Gasteiger partial charge on any atom is 0.0469 e. The summed E-state index contributed by atoms with van der Waals surface area (Å²) in [5.41, 5.74) is 4.33. The molecule has 1 aromatic rings. The van der Waals surface area contributed by atoms with Crippen molar-refractivity contribution in [2.24, 2.45) is 5.92 Å². The number of nitrogens with zero attached hydrogens (tertiary/aromatic N) is 1. The van der Waals surface area contributed by atoms with Gasteiger partial charge in [-0.25, -0.2) is 0 Å². The molecule has 2 aliphatic heterocycles. The SMILES string of the molecule is CC(NCc1ccc2c(c1)CCN2C)C1CCOCC1. The first-order chi connectivity index (χ1) is 9.74. The normalized spacial score (nSPS) is 21.0. The second kappa shape index (κ2) is 6.15. The molecule has 20 heavy (non-hydrogen) atoms. The molecule has 1 N–H and O–H groups in total. The lowest BCUT2D eigenvalue weighted by molar-refractivity contribution is 0.0558.